The lowest BCUT2D eigenvalue weighted by Gasteiger charge is -2.11. The first-order valence-corrected chi connectivity index (χ1v) is 5.70. The van der Waals surface area contributed by atoms with Crippen LogP contribution in [0.2, 0.25) is 0 Å². The molecule has 1 rings (SSSR count). The van der Waals surface area contributed by atoms with Gasteiger partial charge in [0.05, 0.1) is 0 Å². The number of amides is 1. The number of carbonyl (C=O) groups excluding carboxylic acids is 1. The number of nitrogens with one attached hydrogen (secondary N) is 1. The second kappa shape index (κ2) is 5.88. The van der Waals surface area contributed by atoms with Crippen LogP contribution in [0.1, 0.15) is 24.9 Å². The van der Waals surface area contributed by atoms with Gasteiger partial charge in [0.2, 0.25) is 5.91 Å². The van der Waals surface area contributed by atoms with Crippen LogP contribution in [0.5, 0.6) is 0 Å². The number of hydrogen-bond acceptors (Lipinski definition) is 2. The summed E-state index contributed by atoms with van der Waals surface area (Å²) in [5.74, 6) is -0.00656. The normalized spacial score (nSPS) is 12.2. The fourth-order valence-electron chi connectivity index (χ4n) is 1.30. The largest absolute Gasteiger partial charge is 0.356 e. The molecule has 0 fully saturated rings. The van der Waals surface area contributed by atoms with Crippen molar-refractivity contribution in [2.24, 2.45) is 5.73 Å². The molecule has 0 spiro atoms. The third kappa shape index (κ3) is 4.01. The zero-order valence-electron chi connectivity index (χ0n) is 8.66. The summed E-state index contributed by atoms with van der Waals surface area (Å²) in [7, 11) is 0. The molecule has 3 N–H and O–H groups in total. The number of benzene rings is 1. The quantitative estimate of drug-likeness (QED) is 0.879. The van der Waals surface area contributed by atoms with E-state index in [1.807, 2.05) is 31.2 Å². The molecule has 1 aromatic carbocycles. The summed E-state index contributed by atoms with van der Waals surface area (Å²) >= 11 is 3.35. The Hall–Kier alpha value is -0.870. The highest BCUT2D eigenvalue weighted by Gasteiger charge is 2.10. The van der Waals surface area contributed by atoms with Gasteiger partial charge >= 0.3 is 0 Å². The van der Waals surface area contributed by atoms with Crippen LogP contribution in [-0.2, 0) is 4.79 Å². The molecular formula is C11H15BrN2O. The van der Waals surface area contributed by atoms with E-state index in [1.54, 1.807) is 0 Å². The van der Waals surface area contributed by atoms with Gasteiger partial charge in [0.1, 0.15) is 0 Å². The summed E-state index contributed by atoms with van der Waals surface area (Å²) in [6.07, 6.45) is 0.329. The molecular weight excluding hydrogens is 256 g/mol. The van der Waals surface area contributed by atoms with E-state index in [0.29, 0.717) is 13.0 Å². The van der Waals surface area contributed by atoms with Crippen molar-refractivity contribution in [3.05, 3.63) is 34.3 Å². The van der Waals surface area contributed by atoms with Crippen LogP contribution in [0.15, 0.2) is 28.7 Å². The lowest BCUT2D eigenvalue weighted by molar-refractivity contribution is -0.121. The van der Waals surface area contributed by atoms with E-state index in [1.165, 1.54) is 0 Å². The van der Waals surface area contributed by atoms with Gasteiger partial charge in [-0.2, -0.15) is 0 Å². The van der Waals surface area contributed by atoms with Gasteiger partial charge in [0.25, 0.3) is 0 Å². The van der Waals surface area contributed by atoms with Gasteiger partial charge in [-0.05, 0) is 24.6 Å². The number of halogens is 1. The van der Waals surface area contributed by atoms with Crippen molar-refractivity contribution in [1.82, 2.24) is 5.32 Å². The average molecular weight is 271 g/mol. The predicted octanol–water partition coefficient (Wildman–Crippen LogP) is 1.98. The van der Waals surface area contributed by atoms with Crippen molar-refractivity contribution in [1.29, 1.82) is 0 Å². The molecule has 3 nitrogen and oxygen atoms in total. The first kappa shape index (κ1) is 12.2. The Morgan fingerprint density at radius 1 is 1.47 bits per heavy atom. The minimum Gasteiger partial charge on any atom is -0.356 e. The fraction of sp³-hybridized carbons (Fsp3) is 0.364. The Bertz CT molecular complexity index is 324. The molecule has 0 saturated carbocycles. The van der Waals surface area contributed by atoms with Crippen molar-refractivity contribution >= 4 is 21.8 Å². The van der Waals surface area contributed by atoms with E-state index in [-0.39, 0.29) is 11.9 Å². The Labute approximate surface area is 98.2 Å². The maximum Gasteiger partial charge on any atom is 0.221 e. The van der Waals surface area contributed by atoms with Crippen LogP contribution in [-0.4, -0.2) is 12.5 Å². The molecule has 4 heteroatoms. The first-order chi connectivity index (χ1) is 7.13. The molecule has 82 valence electrons. The minimum atomic E-state index is -0.232. The molecule has 0 aliphatic rings. The molecule has 0 aliphatic carbocycles. The van der Waals surface area contributed by atoms with Crippen LogP contribution in [0, 0.1) is 0 Å². The minimum absolute atomic E-state index is 0.00656. The standard InChI is InChI=1S/C11H15BrN2O/c1-2-14-11(15)7-10(13)8-3-5-9(12)6-4-8/h3-6,10H,2,7,13H2,1H3,(H,14,15). The summed E-state index contributed by atoms with van der Waals surface area (Å²) in [5, 5.41) is 2.73. The van der Waals surface area contributed by atoms with Crippen LogP contribution < -0.4 is 11.1 Å². The Kier molecular flexibility index (Phi) is 4.78. The van der Waals surface area contributed by atoms with E-state index < -0.39 is 0 Å². The average Bonchev–Trinajstić information content (AvgIpc) is 2.18. The highest BCUT2D eigenvalue weighted by molar-refractivity contribution is 9.10. The van der Waals surface area contributed by atoms with Crippen molar-refractivity contribution in [3.63, 3.8) is 0 Å². The van der Waals surface area contributed by atoms with Crippen molar-refractivity contribution in [3.8, 4) is 0 Å². The molecule has 0 aliphatic heterocycles. The van der Waals surface area contributed by atoms with E-state index in [0.717, 1.165) is 10.0 Å². The van der Waals surface area contributed by atoms with Gasteiger partial charge in [-0.3, -0.25) is 4.79 Å². The van der Waals surface area contributed by atoms with Gasteiger partial charge in [-0.25, -0.2) is 0 Å². The van der Waals surface area contributed by atoms with Crippen molar-refractivity contribution < 1.29 is 4.79 Å². The molecule has 0 saturated heterocycles. The van der Waals surface area contributed by atoms with Gasteiger partial charge in [-0.1, -0.05) is 28.1 Å². The summed E-state index contributed by atoms with van der Waals surface area (Å²) in [6, 6.07) is 7.46. The van der Waals surface area contributed by atoms with E-state index >= 15 is 0 Å². The zero-order chi connectivity index (χ0) is 11.3. The topological polar surface area (TPSA) is 55.1 Å². The molecule has 1 aromatic rings. The van der Waals surface area contributed by atoms with Gasteiger partial charge in [0.15, 0.2) is 0 Å². The molecule has 0 aromatic heterocycles. The Morgan fingerprint density at radius 3 is 2.60 bits per heavy atom. The van der Waals surface area contributed by atoms with E-state index in [2.05, 4.69) is 21.2 Å². The lowest BCUT2D eigenvalue weighted by atomic mass is 10.0. The second-order valence-corrected chi connectivity index (χ2v) is 4.23. The van der Waals surface area contributed by atoms with Crippen molar-refractivity contribution in [2.45, 2.75) is 19.4 Å². The highest BCUT2D eigenvalue weighted by Crippen LogP contribution is 2.17. The van der Waals surface area contributed by atoms with Crippen LogP contribution in [0.3, 0.4) is 0 Å². The second-order valence-electron chi connectivity index (χ2n) is 3.32. The molecule has 1 atom stereocenters. The number of rotatable bonds is 4. The smallest absolute Gasteiger partial charge is 0.221 e. The van der Waals surface area contributed by atoms with Gasteiger partial charge < -0.3 is 11.1 Å². The highest BCUT2D eigenvalue weighted by atomic mass is 79.9. The molecule has 1 unspecified atom stereocenters. The molecule has 1 amide bonds. The molecule has 0 bridgehead atoms. The summed E-state index contributed by atoms with van der Waals surface area (Å²) in [5.41, 5.74) is 6.88. The monoisotopic (exact) mass is 270 g/mol. The summed E-state index contributed by atoms with van der Waals surface area (Å²) < 4.78 is 1.01. The third-order valence-corrected chi connectivity index (χ3v) is 2.61. The van der Waals surface area contributed by atoms with Crippen LogP contribution in [0.25, 0.3) is 0 Å². The fourth-order valence-corrected chi connectivity index (χ4v) is 1.56. The van der Waals surface area contributed by atoms with Gasteiger partial charge in [-0.15, -0.1) is 0 Å². The third-order valence-electron chi connectivity index (χ3n) is 2.08. The molecule has 0 heterocycles. The maximum absolute atomic E-state index is 11.3. The number of hydrogen-bond donors (Lipinski definition) is 2. The Morgan fingerprint density at radius 2 is 2.07 bits per heavy atom. The molecule has 0 radical (unpaired) electrons. The van der Waals surface area contributed by atoms with E-state index in [4.69, 9.17) is 5.73 Å². The molecule has 15 heavy (non-hydrogen) atoms. The van der Waals surface area contributed by atoms with Crippen molar-refractivity contribution in [2.75, 3.05) is 6.54 Å². The number of carbonyl (C=O) groups is 1. The van der Waals surface area contributed by atoms with Crippen LogP contribution >= 0.6 is 15.9 Å². The van der Waals surface area contributed by atoms with E-state index in [9.17, 15) is 4.79 Å². The van der Waals surface area contributed by atoms with Crippen LogP contribution in [0.4, 0.5) is 0 Å². The summed E-state index contributed by atoms with van der Waals surface area (Å²) in [6.45, 7) is 2.54. The predicted molar refractivity (Wildman–Crippen MR) is 64.4 cm³/mol. The lowest BCUT2D eigenvalue weighted by Crippen LogP contribution is -2.27. The maximum atomic E-state index is 11.3. The first-order valence-electron chi connectivity index (χ1n) is 4.91. The SMILES string of the molecule is CCNC(=O)CC(N)c1ccc(Br)cc1. The number of nitrogens with two attached hydrogens (primary N) is 1. The summed E-state index contributed by atoms with van der Waals surface area (Å²) in [4.78, 5) is 11.3. The van der Waals surface area contributed by atoms with Gasteiger partial charge in [0, 0.05) is 23.5 Å². The zero-order valence-corrected chi connectivity index (χ0v) is 10.3. The Balaban J connectivity index is 2.57.